The smallest absolute Gasteiger partial charge is 0.318 e. The number of carbonyl (C=O) groups is 4. The second-order valence-corrected chi connectivity index (χ2v) is 10.0. The summed E-state index contributed by atoms with van der Waals surface area (Å²) in [5.74, 6) is -1.55. The van der Waals surface area contributed by atoms with Crippen LogP contribution in [0, 0.1) is 0 Å². The summed E-state index contributed by atoms with van der Waals surface area (Å²) in [6.45, 7) is 3.95. The number of nitrogens with zero attached hydrogens (tertiary/aromatic N) is 1. The van der Waals surface area contributed by atoms with Gasteiger partial charge in [0.05, 0.1) is 19.3 Å². The van der Waals surface area contributed by atoms with Gasteiger partial charge in [0.2, 0.25) is 11.7 Å². The summed E-state index contributed by atoms with van der Waals surface area (Å²) in [5.41, 5.74) is -1.06. The van der Waals surface area contributed by atoms with Crippen molar-refractivity contribution in [1.29, 1.82) is 0 Å². The number of urea groups is 1. The van der Waals surface area contributed by atoms with Crippen LogP contribution in [0.2, 0.25) is 0 Å². The Bertz CT molecular complexity index is 710. The van der Waals surface area contributed by atoms with Gasteiger partial charge < -0.3 is 25.6 Å². The molecule has 0 radical (unpaired) electrons. The van der Waals surface area contributed by atoms with Gasteiger partial charge in [-0.1, -0.05) is 58.3 Å². The lowest BCUT2D eigenvalue weighted by atomic mass is 9.80. The van der Waals surface area contributed by atoms with E-state index in [2.05, 4.69) is 16.0 Å². The minimum atomic E-state index is -1.06. The van der Waals surface area contributed by atoms with E-state index < -0.39 is 23.3 Å². The average Bonchev–Trinajstić information content (AvgIpc) is 2.87. The Labute approximate surface area is 203 Å². The monoisotopic (exact) mass is 478 g/mol. The molecule has 1 heterocycles. The second kappa shape index (κ2) is 13.1. The molecule has 34 heavy (non-hydrogen) atoms. The van der Waals surface area contributed by atoms with Gasteiger partial charge >= 0.3 is 6.03 Å². The van der Waals surface area contributed by atoms with E-state index in [9.17, 15) is 19.2 Å². The van der Waals surface area contributed by atoms with Crippen LogP contribution >= 0.6 is 0 Å². The first kappa shape index (κ1) is 26.4. The molecule has 9 nitrogen and oxygen atoms in total. The highest BCUT2D eigenvalue weighted by atomic mass is 16.5. The maximum Gasteiger partial charge on any atom is 0.318 e. The fourth-order valence-electron chi connectivity index (χ4n) is 5.25. The Morgan fingerprint density at radius 2 is 1.62 bits per heavy atom. The Balaban J connectivity index is 1.68. The summed E-state index contributed by atoms with van der Waals surface area (Å²) in [6.07, 6.45) is 10.7. The third-order valence-electron chi connectivity index (χ3n) is 7.42. The highest BCUT2D eigenvalue weighted by Crippen LogP contribution is 2.29. The predicted octanol–water partition coefficient (Wildman–Crippen LogP) is 2.42. The van der Waals surface area contributed by atoms with Crippen molar-refractivity contribution in [2.45, 2.75) is 108 Å². The summed E-state index contributed by atoms with van der Waals surface area (Å²) < 4.78 is 5.33. The molecular weight excluding hydrogens is 436 g/mol. The maximum atomic E-state index is 13.6. The van der Waals surface area contributed by atoms with Crippen molar-refractivity contribution in [3.05, 3.63) is 0 Å². The molecule has 0 aromatic rings. The Hall–Kier alpha value is -2.16. The molecule has 1 aliphatic heterocycles. The molecule has 2 saturated carbocycles. The number of rotatable bonds is 9. The van der Waals surface area contributed by atoms with Crippen LogP contribution in [0.15, 0.2) is 0 Å². The van der Waals surface area contributed by atoms with E-state index in [-0.39, 0.29) is 18.0 Å². The van der Waals surface area contributed by atoms with Crippen molar-refractivity contribution in [3.8, 4) is 0 Å². The lowest BCUT2D eigenvalue weighted by Crippen LogP contribution is -2.64. The fraction of sp³-hybridized carbons (Fsp3) is 0.840. The third kappa shape index (κ3) is 7.17. The first-order valence-corrected chi connectivity index (χ1v) is 13.3. The largest absolute Gasteiger partial charge is 0.378 e. The number of ether oxygens (including phenoxy) is 1. The number of carbonyl (C=O) groups excluding carboxylic acids is 4. The normalized spacial score (nSPS) is 21.9. The lowest BCUT2D eigenvalue weighted by Gasteiger charge is -2.39. The van der Waals surface area contributed by atoms with E-state index in [4.69, 9.17) is 4.74 Å². The molecule has 1 atom stereocenters. The van der Waals surface area contributed by atoms with Crippen LogP contribution in [-0.2, 0) is 19.1 Å². The van der Waals surface area contributed by atoms with E-state index in [1.165, 1.54) is 0 Å². The number of ketones is 1. The van der Waals surface area contributed by atoms with E-state index >= 15 is 0 Å². The molecule has 3 aliphatic rings. The van der Waals surface area contributed by atoms with E-state index in [1.54, 1.807) is 4.90 Å². The first-order valence-electron chi connectivity index (χ1n) is 13.3. The molecule has 3 N–H and O–H groups in total. The molecule has 0 unspecified atom stereocenters. The molecule has 0 aromatic heterocycles. The number of morpholine rings is 1. The van der Waals surface area contributed by atoms with Crippen LogP contribution in [0.5, 0.6) is 0 Å². The lowest BCUT2D eigenvalue weighted by molar-refractivity contribution is -0.141. The minimum absolute atomic E-state index is 0.0326. The molecule has 3 rings (SSSR count). The topological polar surface area (TPSA) is 117 Å². The van der Waals surface area contributed by atoms with Gasteiger partial charge in [-0.2, -0.15) is 0 Å². The molecule has 0 spiro atoms. The number of hydrogen-bond donors (Lipinski definition) is 3. The SMILES string of the molecule is CCCC[C@H](NC(=O)C1(NC(=O)N2CCOCC2)CCCCC1)C(=O)C(=O)NC1CCCCC1. The molecule has 2 aliphatic carbocycles. The zero-order valence-electron chi connectivity index (χ0n) is 20.7. The summed E-state index contributed by atoms with van der Waals surface area (Å²) in [6, 6.07) is -1.12. The molecule has 9 heteroatoms. The molecule has 192 valence electrons. The van der Waals surface area contributed by atoms with Gasteiger partial charge in [0.25, 0.3) is 5.91 Å². The Kier molecular flexibility index (Phi) is 10.2. The zero-order valence-corrected chi connectivity index (χ0v) is 20.7. The van der Waals surface area contributed by atoms with Crippen LogP contribution in [0.3, 0.4) is 0 Å². The fourth-order valence-corrected chi connectivity index (χ4v) is 5.25. The van der Waals surface area contributed by atoms with Gasteiger partial charge in [-0.05, 0) is 32.1 Å². The number of nitrogens with one attached hydrogen (secondary N) is 3. The van der Waals surface area contributed by atoms with Gasteiger partial charge in [-0.15, -0.1) is 0 Å². The van der Waals surface area contributed by atoms with Crippen molar-refractivity contribution in [1.82, 2.24) is 20.9 Å². The van der Waals surface area contributed by atoms with Crippen molar-refractivity contribution in [2.75, 3.05) is 26.3 Å². The first-order chi connectivity index (χ1) is 16.4. The van der Waals surface area contributed by atoms with Crippen molar-refractivity contribution in [3.63, 3.8) is 0 Å². The summed E-state index contributed by atoms with van der Waals surface area (Å²) in [4.78, 5) is 54.0. The highest BCUT2D eigenvalue weighted by molar-refractivity contribution is 6.38. The van der Waals surface area contributed by atoms with Crippen molar-refractivity contribution in [2.24, 2.45) is 0 Å². The average molecular weight is 479 g/mol. The summed E-state index contributed by atoms with van der Waals surface area (Å²) in [7, 11) is 0. The highest BCUT2D eigenvalue weighted by Gasteiger charge is 2.43. The Morgan fingerprint density at radius 3 is 2.26 bits per heavy atom. The molecular formula is C25H42N4O5. The third-order valence-corrected chi connectivity index (χ3v) is 7.42. The van der Waals surface area contributed by atoms with Gasteiger partial charge in [-0.3, -0.25) is 14.4 Å². The second-order valence-electron chi connectivity index (χ2n) is 10.0. The molecule has 1 saturated heterocycles. The van der Waals surface area contributed by atoms with Crippen molar-refractivity contribution < 1.29 is 23.9 Å². The number of amides is 4. The summed E-state index contributed by atoms with van der Waals surface area (Å²) in [5, 5.41) is 8.77. The number of Topliss-reactive ketones (excluding diaryl/α,β-unsaturated/α-hetero) is 1. The van der Waals surface area contributed by atoms with Gasteiger partial charge in [0, 0.05) is 19.1 Å². The van der Waals surface area contributed by atoms with E-state index in [0.29, 0.717) is 45.6 Å². The van der Waals surface area contributed by atoms with Crippen LogP contribution in [0.4, 0.5) is 4.79 Å². The predicted molar refractivity (Wildman–Crippen MR) is 128 cm³/mol. The molecule has 0 aromatic carbocycles. The Morgan fingerprint density at radius 1 is 0.971 bits per heavy atom. The van der Waals surface area contributed by atoms with Gasteiger partial charge in [0.15, 0.2) is 0 Å². The van der Waals surface area contributed by atoms with E-state index in [0.717, 1.165) is 64.2 Å². The zero-order chi connectivity index (χ0) is 24.4. The minimum Gasteiger partial charge on any atom is -0.378 e. The number of unbranched alkanes of at least 4 members (excludes halogenated alkanes) is 1. The summed E-state index contributed by atoms with van der Waals surface area (Å²) >= 11 is 0. The van der Waals surface area contributed by atoms with Crippen molar-refractivity contribution >= 4 is 23.6 Å². The molecule has 0 bridgehead atoms. The number of hydrogen-bond acceptors (Lipinski definition) is 5. The van der Waals surface area contributed by atoms with Crippen LogP contribution in [0.1, 0.15) is 90.4 Å². The standard InChI is InChI=1S/C25H42N4O5/c1-2-3-12-20(21(30)22(31)26-19-10-6-4-7-11-19)27-23(32)25(13-8-5-9-14-25)28-24(33)29-15-17-34-18-16-29/h19-20H,2-18H2,1H3,(H,26,31)(H,27,32)(H,28,33)/t20-/m0/s1. The maximum absolute atomic E-state index is 13.6. The van der Waals surface area contributed by atoms with Crippen LogP contribution in [-0.4, -0.2) is 72.5 Å². The quantitative estimate of drug-likeness (QED) is 0.440. The van der Waals surface area contributed by atoms with Gasteiger partial charge in [0.1, 0.15) is 5.54 Å². The molecule has 4 amide bonds. The van der Waals surface area contributed by atoms with Gasteiger partial charge in [-0.25, -0.2) is 4.79 Å². The van der Waals surface area contributed by atoms with E-state index in [1.807, 2.05) is 6.92 Å². The van der Waals surface area contributed by atoms with Crippen LogP contribution < -0.4 is 16.0 Å². The van der Waals surface area contributed by atoms with Crippen LogP contribution in [0.25, 0.3) is 0 Å². The molecule has 3 fully saturated rings.